The predicted molar refractivity (Wildman–Crippen MR) is 65.2 cm³/mol. The van der Waals surface area contributed by atoms with E-state index in [1.807, 2.05) is 7.05 Å². The Morgan fingerprint density at radius 2 is 2.22 bits per heavy atom. The van der Waals surface area contributed by atoms with E-state index in [4.69, 9.17) is 0 Å². The van der Waals surface area contributed by atoms with Crippen molar-refractivity contribution in [2.24, 2.45) is 5.92 Å². The summed E-state index contributed by atoms with van der Waals surface area (Å²) in [5, 5.41) is 2.52. The molecule has 3 nitrogen and oxygen atoms in total. The second kappa shape index (κ2) is 5.44. The zero-order valence-corrected chi connectivity index (χ0v) is 10.2. The van der Waals surface area contributed by atoms with E-state index in [9.17, 15) is 13.6 Å². The highest BCUT2D eigenvalue weighted by Gasteiger charge is 2.24. The summed E-state index contributed by atoms with van der Waals surface area (Å²) in [6, 6.07) is 3.14. The van der Waals surface area contributed by atoms with Crippen LogP contribution in [0.15, 0.2) is 18.2 Å². The van der Waals surface area contributed by atoms with E-state index < -0.39 is 11.6 Å². The summed E-state index contributed by atoms with van der Waals surface area (Å²) in [6.07, 6.45) is 1.76. The van der Waals surface area contributed by atoms with Gasteiger partial charge in [-0.1, -0.05) is 0 Å². The average molecular weight is 254 g/mol. The van der Waals surface area contributed by atoms with Gasteiger partial charge in [0.2, 0.25) is 5.91 Å². The number of nitrogens with one attached hydrogen (secondary N) is 1. The minimum absolute atomic E-state index is 0.0367. The van der Waals surface area contributed by atoms with Crippen molar-refractivity contribution < 1.29 is 13.6 Å². The minimum atomic E-state index is -0.743. The Balaban J connectivity index is 2.02. The first-order valence-corrected chi connectivity index (χ1v) is 6.00. The highest BCUT2D eigenvalue weighted by atomic mass is 19.1. The van der Waals surface area contributed by atoms with Gasteiger partial charge in [0.15, 0.2) is 0 Å². The standard InChI is InChI=1S/C13H16F2N2O/c1-17-6-2-3-9(8-17)13(18)16-12-5-4-10(14)7-11(12)15/h4-5,7,9H,2-3,6,8H2,1H3,(H,16,18)/t9-/m1/s1. The van der Waals surface area contributed by atoms with Gasteiger partial charge in [0.25, 0.3) is 0 Å². The van der Waals surface area contributed by atoms with Gasteiger partial charge in [0, 0.05) is 12.6 Å². The summed E-state index contributed by atoms with van der Waals surface area (Å²) in [7, 11) is 1.96. The first kappa shape index (κ1) is 13.0. The molecule has 0 spiro atoms. The molecule has 0 unspecified atom stereocenters. The van der Waals surface area contributed by atoms with Gasteiger partial charge in [-0.15, -0.1) is 0 Å². The lowest BCUT2D eigenvalue weighted by atomic mass is 9.97. The first-order valence-electron chi connectivity index (χ1n) is 6.00. The van der Waals surface area contributed by atoms with Crippen LogP contribution in [0.1, 0.15) is 12.8 Å². The van der Waals surface area contributed by atoms with Crippen LogP contribution < -0.4 is 5.32 Å². The van der Waals surface area contributed by atoms with Gasteiger partial charge >= 0.3 is 0 Å². The van der Waals surface area contributed by atoms with Crippen LogP contribution >= 0.6 is 0 Å². The fourth-order valence-corrected chi connectivity index (χ4v) is 2.21. The molecule has 18 heavy (non-hydrogen) atoms. The molecular weight excluding hydrogens is 238 g/mol. The van der Waals surface area contributed by atoms with Crippen molar-refractivity contribution in [3.8, 4) is 0 Å². The van der Waals surface area contributed by atoms with Crippen LogP contribution in [0.25, 0.3) is 0 Å². The van der Waals surface area contributed by atoms with Crippen molar-refractivity contribution in [3.63, 3.8) is 0 Å². The van der Waals surface area contributed by atoms with Crippen LogP contribution in [0.2, 0.25) is 0 Å². The molecule has 0 bridgehead atoms. The normalized spacial score (nSPS) is 20.7. The zero-order valence-electron chi connectivity index (χ0n) is 10.2. The van der Waals surface area contributed by atoms with Crippen molar-refractivity contribution in [1.29, 1.82) is 0 Å². The van der Waals surface area contributed by atoms with Crippen LogP contribution in [0.5, 0.6) is 0 Å². The number of hydrogen-bond donors (Lipinski definition) is 1. The van der Waals surface area contributed by atoms with E-state index in [0.29, 0.717) is 6.54 Å². The van der Waals surface area contributed by atoms with E-state index >= 15 is 0 Å². The Hall–Kier alpha value is -1.49. The van der Waals surface area contributed by atoms with Gasteiger partial charge in [0.05, 0.1) is 11.6 Å². The Morgan fingerprint density at radius 3 is 2.89 bits per heavy atom. The van der Waals surface area contributed by atoms with E-state index in [1.165, 1.54) is 6.07 Å². The summed E-state index contributed by atoms with van der Waals surface area (Å²) >= 11 is 0. The monoisotopic (exact) mass is 254 g/mol. The van der Waals surface area contributed by atoms with E-state index in [2.05, 4.69) is 10.2 Å². The second-order valence-electron chi connectivity index (χ2n) is 4.71. The number of nitrogens with zero attached hydrogens (tertiary/aromatic N) is 1. The second-order valence-corrected chi connectivity index (χ2v) is 4.71. The molecule has 1 N–H and O–H groups in total. The number of carbonyl (C=O) groups is 1. The van der Waals surface area contributed by atoms with Gasteiger partial charge < -0.3 is 10.2 Å². The molecule has 1 aromatic rings. The number of piperidine rings is 1. The number of likely N-dealkylation sites (tertiary alicyclic amines) is 1. The number of halogens is 2. The van der Waals surface area contributed by atoms with E-state index in [0.717, 1.165) is 31.5 Å². The lowest BCUT2D eigenvalue weighted by Crippen LogP contribution is -2.38. The molecule has 1 saturated heterocycles. The predicted octanol–water partition coefficient (Wildman–Crippen LogP) is 2.25. The summed E-state index contributed by atoms with van der Waals surface area (Å²) < 4.78 is 26.1. The van der Waals surface area contributed by atoms with Crippen molar-refractivity contribution in [3.05, 3.63) is 29.8 Å². The maximum atomic E-state index is 13.4. The fraction of sp³-hybridized carbons (Fsp3) is 0.462. The Labute approximate surface area is 105 Å². The van der Waals surface area contributed by atoms with Gasteiger partial charge in [-0.3, -0.25) is 4.79 Å². The fourth-order valence-electron chi connectivity index (χ4n) is 2.21. The lowest BCUT2D eigenvalue weighted by Gasteiger charge is -2.28. The Morgan fingerprint density at radius 1 is 1.44 bits per heavy atom. The average Bonchev–Trinajstić information content (AvgIpc) is 2.32. The molecular formula is C13H16F2N2O. The van der Waals surface area contributed by atoms with Gasteiger partial charge in [-0.25, -0.2) is 8.78 Å². The number of amides is 1. The molecule has 2 rings (SSSR count). The molecule has 1 atom stereocenters. The quantitative estimate of drug-likeness (QED) is 0.878. The van der Waals surface area contributed by atoms with Gasteiger partial charge in [0.1, 0.15) is 11.6 Å². The third-order valence-electron chi connectivity index (χ3n) is 3.18. The highest BCUT2D eigenvalue weighted by molar-refractivity contribution is 5.92. The SMILES string of the molecule is CN1CCC[C@@H](C(=O)Nc2ccc(F)cc2F)C1. The highest BCUT2D eigenvalue weighted by Crippen LogP contribution is 2.20. The van der Waals surface area contributed by atoms with Gasteiger partial charge in [-0.05, 0) is 38.6 Å². The molecule has 98 valence electrons. The van der Waals surface area contributed by atoms with Crippen LogP contribution in [0, 0.1) is 17.6 Å². The molecule has 1 amide bonds. The van der Waals surface area contributed by atoms with Crippen LogP contribution in [-0.2, 0) is 4.79 Å². The number of rotatable bonds is 2. The smallest absolute Gasteiger partial charge is 0.228 e. The topological polar surface area (TPSA) is 32.3 Å². The first-order chi connectivity index (χ1) is 8.56. The molecule has 1 heterocycles. The lowest BCUT2D eigenvalue weighted by molar-refractivity contribution is -0.121. The molecule has 1 aliphatic rings. The van der Waals surface area contributed by atoms with Crippen molar-refractivity contribution >= 4 is 11.6 Å². The summed E-state index contributed by atoms with van der Waals surface area (Å²) in [4.78, 5) is 14.0. The molecule has 1 aromatic carbocycles. The number of hydrogen-bond acceptors (Lipinski definition) is 2. The molecule has 5 heteroatoms. The molecule has 0 radical (unpaired) electrons. The third-order valence-corrected chi connectivity index (χ3v) is 3.18. The minimum Gasteiger partial charge on any atom is -0.323 e. The van der Waals surface area contributed by atoms with Crippen LogP contribution in [0.3, 0.4) is 0 Å². The van der Waals surface area contributed by atoms with E-state index in [-0.39, 0.29) is 17.5 Å². The molecule has 0 aliphatic carbocycles. The summed E-state index contributed by atoms with van der Waals surface area (Å²) in [5.74, 6) is -1.73. The van der Waals surface area contributed by atoms with E-state index in [1.54, 1.807) is 0 Å². The molecule has 1 fully saturated rings. The maximum Gasteiger partial charge on any atom is 0.228 e. The van der Waals surface area contributed by atoms with Gasteiger partial charge in [-0.2, -0.15) is 0 Å². The van der Waals surface area contributed by atoms with Crippen molar-refractivity contribution in [1.82, 2.24) is 4.90 Å². The maximum absolute atomic E-state index is 13.4. The largest absolute Gasteiger partial charge is 0.323 e. The zero-order chi connectivity index (χ0) is 13.1. The third kappa shape index (κ3) is 3.04. The number of carbonyl (C=O) groups excluding carboxylic acids is 1. The van der Waals surface area contributed by atoms with Crippen LogP contribution in [-0.4, -0.2) is 30.9 Å². The molecule has 0 saturated carbocycles. The Kier molecular flexibility index (Phi) is 3.91. The molecule has 1 aliphatic heterocycles. The Bertz CT molecular complexity index is 451. The number of benzene rings is 1. The molecule has 0 aromatic heterocycles. The van der Waals surface area contributed by atoms with Crippen molar-refractivity contribution in [2.45, 2.75) is 12.8 Å². The number of anilines is 1. The summed E-state index contributed by atoms with van der Waals surface area (Å²) in [6.45, 7) is 1.66. The van der Waals surface area contributed by atoms with Crippen molar-refractivity contribution in [2.75, 3.05) is 25.5 Å². The summed E-state index contributed by atoms with van der Waals surface area (Å²) in [5.41, 5.74) is 0.0367. The van der Waals surface area contributed by atoms with Crippen LogP contribution in [0.4, 0.5) is 14.5 Å².